The number of aromatic amines is 1. The zero-order valence-electron chi connectivity index (χ0n) is 19.1. The van der Waals surface area contributed by atoms with Crippen LogP contribution in [0.3, 0.4) is 0 Å². The highest BCUT2D eigenvalue weighted by Crippen LogP contribution is 2.25. The summed E-state index contributed by atoms with van der Waals surface area (Å²) in [5.41, 5.74) is 4.14. The third-order valence-electron chi connectivity index (χ3n) is 5.86. The number of anilines is 3. The number of amides is 1. The fourth-order valence-corrected chi connectivity index (χ4v) is 3.96. The number of imidazole rings is 1. The van der Waals surface area contributed by atoms with Gasteiger partial charge in [-0.15, -0.1) is 0 Å². The van der Waals surface area contributed by atoms with E-state index in [2.05, 4.69) is 37.5 Å². The van der Waals surface area contributed by atoms with Gasteiger partial charge in [0.15, 0.2) is 11.2 Å². The van der Waals surface area contributed by atoms with Crippen LogP contribution in [0.2, 0.25) is 0 Å². The Labute approximate surface area is 202 Å². The molecule has 4 unspecified atom stereocenters. The summed E-state index contributed by atoms with van der Waals surface area (Å²) < 4.78 is 7.27. The van der Waals surface area contributed by atoms with Crippen molar-refractivity contribution in [2.45, 2.75) is 37.4 Å². The fourth-order valence-electron chi connectivity index (χ4n) is 3.96. The summed E-state index contributed by atoms with van der Waals surface area (Å²) in [6.07, 6.45) is -1.32. The van der Waals surface area contributed by atoms with Gasteiger partial charge in [-0.3, -0.25) is 24.2 Å². The third-order valence-corrected chi connectivity index (χ3v) is 5.86. The van der Waals surface area contributed by atoms with Crippen LogP contribution >= 0.6 is 0 Å². The molecule has 15 heteroatoms. The van der Waals surface area contributed by atoms with E-state index in [1.165, 1.54) is 10.9 Å². The quantitative estimate of drug-likeness (QED) is 0.0791. The van der Waals surface area contributed by atoms with E-state index in [4.69, 9.17) is 10.5 Å². The molecule has 3 heterocycles. The average molecular weight is 502 g/mol. The smallest absolute Gasteiger partial charge is 0.280 e. The van der Waals surface area contributed by atoms with E-state index >= 15 is 0 Å². The number of hydrogen-bond acceptors (Lipinski definition) is 12. The number of aliphatic hydroxyl groups excluding tert-OH is 2. The monoisotopic (exact) mass is 502 g/mol. The van der Waals surface area contributed by atoms with Crippen molar-refractivity contribution in [2.24, 2.45) is 0 Å². The van der Waals surface area contributed by atoms with Crippen molar-refractivity contribution < 1.29 is 19.7 Å². The Hall–Kier alpha value is -4.08. The Bertz CT molecular complexity index is 1410. The summed E-state index contributed by atoms with van der Waals surface area (Å²) in [5.74, 6) is -0.402. The zero-order valence-corrected chi connectivity index (χ0v) is 19.1. The second-order valence-electron chi connectivity index (χ2n) is 8.28. The predicted molar refractivity (Wildman–Crippen MR) is 129 cm³/mol. The number of ether oxygens (including phenoxy) is 1. The molecule has 3 aromatic rings. The number of H-pyrrole nitrogens is 1. The second kappa shape index (κ2) is 10.3. The molecule has 0 saturated carbocycles. The Morgan fingerprint density at radius 2 is 1.86 bits per heavy atom. The van der Waals surface area contributed by atoms with Crippen molar-refractivity contribution in [1.82, 2.24) is 24.8 Å². The van der Waals surface area contributed by atoms with Gasteiger partial charge in [0.05, 0.1) is 12.9 Å². The van der Waals surface area contributed by atoms with E-state index in [-0.39, 0.29) is 47.5 Å². The first kappa shape index (κ1) is 25.0. The lowest BCUT2D eigenvalue weighted by Crippen LogP contribution is -2.41. The van der Waals surface area contributed by atoms with Crippen LogP contribution in [0.25, 0.3) is 11.2 Å². The van der Waals surface area contributed by atoms with E-state index in [0.717, 1.165) is 6.08 Å². The van der Waals surface area contributed by atoms with Gasteiger partial charge in [-0.25, -0.2) is 4.98 Å². The number of nitrogens with two attached hydrogens (primary N) is 1. The Balaban J connectivity index is 1.34. The molecule has 0 spiro atoms. The van der Waals surface area contributed by atoms with Crippen molar-refractivity contribution >= 4 is 34.4 Å². The summed E-state index contributed by atoms with van der Waals surface area (Å²) in [6.45, 7) is 4.01. The number of fused-ring (bicyclic) bond motifs is 1. The summed E-state index contributed by atoms with van der Waals surface area (Å²) >= 11 is 0. The number of nitrogen functional groups attached to an aromatic ring is 1. The standard InChI is InChI=1S/C21H26N8O7/c1-2-11(30)23-4-3-5-24-12-13(18(34)17(12)33)25-6-9-15(31)16(32)10(36-9)7-29-8-26-14-19(29)27-21(22)28-20(14)35/h2,8-10,15-16,24-25,31-32H,1,3-7H2,(H,23,30)(H3,22,27,28,35). The van der Waals surface area contributed by atoms with Gasteiger partial charge in [0, 0.05) is 19.6 Å². The molecule has 4 atom stereocenters. The van der Waals surface area contributed by atoms with Gasteiger partial charge in [0.1, 0.15) is 35.8 Å². The molecule has 0 aliphatic carbocycles. The van der Waals surface area contributed by atoms with Gasteiger partial charge in [-0.05, 0) is 12.5 Å². The number of rotatable bonds is 11. The molecular formula is C21H26N8O7. The molecule has 192 valence electrons. The number of aliphatic hydroxyl groups is 2. The van der Waals surface area contributed by atoms with E-state index < -0.39 is 40.8 Å². The summed E-state index contributed by atoms with van der Waals surface area (Å²) in [6, 6.07) is 0. The second-order valence-corrected chi connectivity index (χ2v) is 8.28. The topological polar surface area (TPSA) is 227 Å². The number of nitrogens with one attached hydrogen (secondary N) is 4. The molecule has 1 fully saturated rings. The molecule has 1 aliphatic heterocycles. The minimum absolute atomic E-state index is 0.0242. The SMILES string of the molecule is C=CC(=O)NCCCNc1c(NCC2OC(Cn3cnc4c(=O)[nH]c(N)nc43)C(O)C2O)c(=O)c1=O. The van der Waals surface area contributed by atoms with E-state index in [1.54, 1.807) is 0 Å². The maximum absolute atomic E-state index is 12.0. The first-order valence-electron chi connectivity index (χ1n) is 11.1. The van der Waals surface area contributed by atoms with Crippen molar-refractivity contribution in [3.63, 3.8) is 0 Å². The van der Waals surface area contributed by atoms with Crippen LogP contribution in [0.5, 0.6) is 0 Å². The number of aromatic nitrogens is 4. The highest BCUT2D eigenvalue weighted by molar-refractivity contribution is 5.86. The molecule has 1 aromatic carbocycles. The molecule has 36 heavy (non-hydrogen) atoms. The lowest BCUT2D eigenvalue weighted by atomic mass is 10.1. The molecule has 0 radical (unpaired) electrons. The first-order chi connectivity index (χ1) is 17.2. The van der Waals surface area contributed by atoms with Crippen molar-refractivity contribution in [3.8, 4) is 0 Å². The zero-order chi connectivity index (χ0) is 26.0. The van der Waals surface area contributed by atoms with Crippen LogP contribution in [0.4, 0.5) is 17.3 Å². The molecule has 0 bridgehead atoms. The van der Waals surface area contributed by atoms with Crippen molar-refractivity contribution in [2.75, 3.05) is 36.0 Å². The van der Waals surface area contributed by atoms with Crippen LogP contribution in [0.1, 0.15) is 6.42 Å². The number of nitrogens with zero attached hydrogens (tertiary/aromatic N) is 3. The highest BCUT2D eigenvalue weighted by atomic mass is 16.5. The van der Waals surface area contributed by atoms with Crippen molar-refractivity contribution in [3.05, 3.63) is 49.8 Å². The minimum atomic E-state index is -1.28. The predicted octanol–water partition coefficient (Wildman–Crippen LogP) is -3.00. The van der Waals surface area contributed by atoms with Crippen molar-refractivity contribution in [1.29, 1.82) is 0 Å². The van der Waals surface area contributed by atoms with Crippen LogP contribution < -0.4 is 38.1 Å². The van der Waals surface area contributed by atoms with E-state index in [9.17, 15) is 29.4 Å². The largest absolute Gasteiger partial charge is 0.388 e. The van der Waals surface area contributed by atoms with Gasteiger partial charge in [-0.1, -0.05) is 6.58 Å². The molecule has 1 amide bonds. The highest BCUT2D eigenvalue weighted by Gasteiger charge is 2.43. The number of carbonyl (C=O) groups is 1. The third kappa shape index (κ3) is 4.84. The molecule has 8 N–H and O–H groups in total. The number of carbonyl (C=O) groups excluding carboxylic acids is 1. The van der Waals surface area contributed by atoms with Gasteiger partial charge in [0.2, 0.25) is 11.9 Å². The molecule has 1 aliphatic rings. The lowest BCUT2D eigenvalue weighted by molar-refractivity contribution is -0.116. The molecule has 1 saturated heterocycles. The van der Waals surface area contributed by atoms with Crippen LogP contribution in [-0.4, -0.2) is 79.7 Å². The molecule has 4 rings (SSSR count). The number of hydrogen-bond donors (Lipinski definition) is 7. The fraction of sp³-hybridized carbons (Fsp3) is 0.429. The Morgan fingerprint density at radius 1 is 1.17 bits per heavy atom. The van der Waals surface area contributed by atoms with Gasteiger partial charge < -0.3 is 41.2 Å². The summed E-state index contributed by atoms with van der Waals surface area (Å²) in [4.78, 5) is 57.4. The van der Waals surface area contributed by atoms with Crippen LogP contribution in [0.15, 0.2) is 33.4 Å². The van der Waals surface area contributed by atoms with E-state index in [0.29, 0.717) is 19.5 Å². The normalized spacial score (nSPS) is 21.6. The first-order valence-corrected chi connectivity index (χ1v) is 11.1. The van der Waals surface area contributed by atoms with Crippen LogP contribution in [-0.2, 0) is 16.1 Å². The Kier molecular flexibility index (Phi) is 7.14. The summed E-state index contributed by atoms with van der Waals surface area (Å²) in [7, 11) is 0. The molecular weight excluding hydrogens is 476 g/mol. The maximum atomic E-state index is 12.0. The lowest BCUT2D eigenvalue weighted by Gasteiger charge is -2.19. The maximum Gasteiger partial charge on any atom is 0.280 e. The van der Waals surface area contributed by atoms with Gasteiger partial charge >= 0.3 is 0 Å². The van der Waals surface area contributed by atoms with Crippen LogP contribution in [0, 0.1) is 0 Å². The minimum Gasteiger partial charge on any atom is -0.388 e. The summed E-state index contributed by atoms with van der Waals surface area (Å²) in [5, 5.41) is 29.2. The average Bonchev–Trinajstić information content (AvgIpc) is 3.38. The Morgan fingerprint density at radius 3 is 2.58 bits per heavy atom. The van der Waals surface area contributed by atoms with E-state index in [1.807, 2.05) is 0 Å². The van der Waals surface area contributed by atoms with Gasteiger partial charge in [-0.2, -0.15) is 4.98 Å². The molecule has 2 aromatic heterocycles. The van der Waals surface area contributed by atoms with Gasteiger partial charge in [0.25, 0.3) is 16.4 Å². The molecule has 15 nitrogen and oxygen atoms in total.